The van der Waals surface area contributed by atoms with E-state index < -0.39 is 39.7 Å². The van der Waals surface area contributed by atoms with Crippen molar-refractivity contribution < 1.29 is 31.5 Å². The molecule has 0 aliphatic carbocycles. The summed E-state index contributed by atoms with van der Waals surface area (Å²) < 4.78 is 39.3. The number of hydrogen-bond donors (Lipinski definition) is 1. The molecule has 0 aromatic heterocycles. The van der Waals surface area contributed by atoms with Crippen LogP contribution in [-0.2, 0) is 28.9 Å². The van der Waals surface area contributed by atoms with Crippen LogP contribution < -0.4 is 0 Å². The van der Waals surface area contributed by atoms with Crippen molar-refractivity contribution in [3.8, 4) is 0 Å². The molecule has 3 atom stereocenters. The normalized spacial score (nSPS) is 25.7. The number of carbonyl (C=O) groups excluding carboxylic acids is 2. The molecule has 0 radical (unpaired) electrons. The standard InChI is InChI=1S/C11H13NO7S2/c1-3-4-18-11(14)7-5-20-10-8(9(13)12(7)10)6(2)19-21(15,16)17/h3,5-6,8,10H,1,4H2,2H3,(H,15,16,17)/t6-,8+,10+/m1/s1. The number of rotatable bonds is 6. The van der Waals surface area contributed by atoms with Crippen molar-refractivity contribution in [1.29, 1.82) is 0 Å². The summed E-state index contributed by atoms with van der Waals surface area (Å²) in [6, 6.07) is 0. The molecule has 2 rings (SSSR count). The van der Waals surface area contributed by atoms with Crippen LogP contribution in [0.4, 0.5) is 0 Å². The summed E-state index contributed by atoms with van der Waals surface area (Å²) in [7, 11) is -4.64. The first-order valence-electron chi connectivity index (χ1n) is 5.88. The van der Waals surface area contributed by atoms with Gasteiger partial charge in [0.15, 0.2) is 0 Å². The largest absolute Gasteiger partial charge is 0.457 e. The molecule has 0 spiro atoms. The zero-order chi connectivity index (χ0) is 15.8. The Hall–Kier alpha value is -1.36. The minimum Gasteiger partial charge on any atom is -0.457 e. The fourth-order valence-corrected chi connectivity index (χ4v) is 3.95. The first kappa shape index (κ1) is 16.0. The number of hydrogen-bond acceptors (Lipinski definition) is 7. The summed E-state index contributed by atoms with van der Waals surface area (Å²) in [5.74, 6) is -1.87. The molecule has 2 aliphatic heterocycles. The number of carbonyl (C=O) groups is 2. The van der Waals surface area contributed by atoms with Gasteiger partial charge in [-0.15, -0.1) is 11.8 Å². The summed E-state index contributed by atoms with van der Waals surface area (Å²) in [6.45, 7) is 4.80. The number of amides is 1. The van der Waals surface area contributed by atoms with Gasteiger partial charge in [0.1, 0.15) is 17.7 Å². The molecule has 2 heterocycles. The Kier molecular flexibility index (Phi) is 4.42. The van der Waals surface area contributed by atoms with Crippen LogP contribution >= 0.6 is 11.8 Å². The number of fused-ring (bicyclic) bond motifs is 1. The summed E-state index contributed by atoms with van der Waals surface area (Å²) >= 11 is 1.19. The van der Waals surface area contributed by atoms with Crippen LogP contribution in [0, 0.1) is 5.92 Å². The van der Waals surface area contributed by atoms with Crippen molar-refractivity contribution in [2.45, 2.75) is 18.4 Å². The van der Waals surface area contributed by atoms with Gasteiger partial charge >= 0.3 is 16.4 Å². The first-order valence-corrected chi connectivity index (χ1v) is 8.19. The maximum absolute atomic E-state index is 12.0. The highest BCUT2D eigenvalue weighted by molar-refractivity contribution is 8.03. The Balaban J connectivity index is 2.03. The monoisotopic (exact) mass is 335 g/mol. The third-order valence-electron chi connectivity index (χ3n) is 2.98. The molecule has 21 heavy (non-hydrogen) atoms. The number of ether oxygens (including phenoxy) is 1. The van der Waals surface area contributed by atoms with E-state index in [9.17, 15) is 18.0 Å². The molecule has 10 heteroatoms. The maximum Gasteiger partial charge on any atom is 0.397 e. The number of thioether (sulfide) groups is 1. The molecule has 1 saturated heterocycles. The van der Waals surface area contributed by atoms with Crippen molar-refractivity contribution >= 4 is 34.0 Å². The van der Waals surface area contributed by atoms with E-state index in [0.29, 0.717) is 0 Å². The minimum absolute atomic E-state index is 0.0270. The van der Waals surface area contributed by atoms with E-state index in [-0.39, 0.29) is 12.3 Å². The topological polar surface area (TPSA) is 110 Å². The molecule has 2 aliphatic rings. The van der Waals surface area contributed by atoms with Gasteiger partial charge in [0.2, 0.25) is 5.91 Å². The molecule has 0 saturated carbocycles. The lowest BCUT2D eigenvalue weighted by molar-refractivity contribution is -0.157. The van der Waals surface area contributed by atoms with Gasteiger partial charge in [-0.2, -0.15) is 8.42 Å². The molecule has 1 amide bonds. The van der Waals surface area contributed by atoms with E-state index >= 15 is 0 Å². The third kappa shape index (κ3) is 3.12. The number of esters is 1. The van der Waals surface area contributed by atoms with Crippen LogP contribution in [0.3, 0.4) is 0 Å². The average molecular weight is 335 g/mol. The van der Waals surface area contributed by atoms with Crippen molar-refractivity contribution in [2.24, 2.45) is 5.92 Å². The van der Waals surface area contributed by atoms with Gasteiger partial charge in [-0.05, 0) is 6.92 Å². The van der Waals surface area contributed by atoms with Crippen LogP contribution in [-0.4, -0.2) is 47.8 Å². The zero-order valence-corrected chi connectivity index (χ0v) is 12.6. The quantitative estimate of drug-likeness (QED) is 0.319. The molecule has 8 nitrogen and oxygen atoms in total. The second kappa shape index (κ2) is 5.79. The van der Waals surface area contributed by atoms with E-state index in [1.807, 2.05) is 0 Å². The summed E-state index contributed by atoms with van der Waals surface area (Å²) in [4.78, 5) is 25.0. The van der Waals surface area contributed by atoms with E-state index in [2.05, 4.69) is 10.8 Å². The minimum atomic E-state index is -4.64. The van der Waals surface area contributed by atoms with Gasteiger partial charge in [0.05, 0.1) is 12.0 Å². The highest BCUT2D eigenvalue weighted by Gasteiger charge is 2.56. The molecule has 1 N–H and O–H groups in total. The molecule has 116 valence electrons. The lowest BCUT2D eigenvalue weighted by atomic mass is 9.92. The molecule has 1 fully saturated rings. The van der Waals surface area contributed by atoms with Gasteiger partial charge in [0, 0.05) is 5.41 Å². The Labute approximate surface area is 125 Å². The maximum atomic E-state index is 12.0. The summed E-state index contributed by atoms with van der Waals surface area (Å²) in [5, 5.41) is 1.04. The van der Waals surface area contributed by atoms with Gasteiger partial charge in [-0.3, -0.25) is 14.2 Å². The molecular formula is C11H13NO7S2. The van der Waals surface area contributed by atoms with Gasteiger partial charge in [-0.1, -0.05) is 12.7 Å². The average Bonchev–Trinajstić information content (AvgIpc) is 2.72. The lowest BCUT2D eigenvalue weighted by Crippen LogP contribution is -2.61. The van der Waals surface area contributed by atoms with Gasteiger partial charge < -0.3 is 4.74 Å². The molecule has 0 bridgehead atoms. The van der Waals surface area contributed by atoms with Crippen molar-refractivity contribution in [3.63, 3.8) is 0 Å². The SMILES string of the molecule is C=CCOC(=O)C1=CS[C@H]2[C@@H]([C@@H](C)OS(=O)(=O)O)C(=O)N12. The molecule has 0 aromatic rings. The van der Waals surface area contributed by atoms with E-state index in [1.165, 1.54) is 35.1 Å². The van der Waals surface area contributed by atoms with Gasteiger partial charge in [0.25, 0.3) is 0 Å². The molecule has 0 unspecified atom stereocenters. The van der Waals surface area contributed by atoms with E-state index in [1.54, 1.807) is 0 Å². The van der Waals surface area contributed by atoms with Crippen molar-refractivity contribution in [2.75, 3.05) is 6.61 Å². The predicted octanol–water partition coefficient (Wildman–Crippen LogP) is 0.296. The van der Waals surface area contributed by atoms with E-state index in [0.717, 1.165) is 0 Å². The highest BCUT2D eigenvalue weighted by Crippen LogP contribution is 2.47. The number of nitrogens with zero attached hydrogens (tertiary/aromatic N) is 1. The first-order chi connectivity index (χ1) is 9.76. The van der Waals surface area contributed by atoms with Crippen LogP contribution in [0.15, 0.2) is 23.8 Å². The van der Waals surface area contributed by atoms with Crippen LogP contribution in [0.2, 0.25) is 0 Å². The summed E-state index contributed by atoms with van der Waals surface area (Å²) in [6.07, 6.45) is 0.374. The molecule has 0 aromatic carbocycles. The van der Waals surface area contributed by atoms with E-state index in [4.69, 9.17) is 9.29 Å². The second-order valence-corrected chi connectivity index (χ2v) is 6.42. The Morgan fingerprint density at radius 3 is 2.90 bits per heavy atom. The highest BCUT2D eigenvalue weighted by atomic mass is 32.3. The van der Waals surface area contributed by atoms with Crippen LogP contribution in [0.5, 0.6) is 0 Å². The Morgan fingerprint density at radius 1 is 1.67 bits per heavy atom. The number of β-lactam (4-membered cyclic amide) rings is 1. The second-order valence-electron chi connectivity index (χ2n) is 4.38. The third-order valence-corrected chi connectivity index (χ3v) is 4.67. The van der Waals surface area contributed by atoms with Crippen molar-refractivity contribution in [3.05, 3.63) is 23.8 Å². The lowest BCUT2D eigenvalue weighted by Gasteiger charge is -2.44. The Morgan fingerprint density at radius 2 is 2.33 bits per heavy atom. The fourth-order valence-electron chi connectivity index (χ4n) is 2.12. The summed E-state index contributed by atoms with van der Waals surface area (Å²) in [5.41, 5.74) is 0.104. The predicted molar refractivity (Wildman–Crippen MR) is 73.0 cm³/mol. The van der Waals surface area contributed by atoms with Crippen LogP contribution in [0.25, 0.3) is 0 Å². The van der Waals surface area contributed by atoms with Crippen LogP contribution in [0.1, 0.15) is 6.92 Å². The van der Waals surface area contributed by atoms with Crippen molar-refractivity contribution in [1.82, 2.24) is 4.90 Å². The smallest absolute Gasteiger partial charge is 0.397 e. The zero-order valence-electron chi connectivity index (χ0n) is 11.0. The van der Waals surface area contributed by atoms with Gasteiger partial charge in [-0.25, -0.2) is 8.98 Å². The Bertz CT molecular complexity index is 612. The fraction of sp³-hybridized carbons (Fsp3) is 0.455. The molecular weight excluding hydrogens is 322 g/mol.